The molecule has 0 spiro atoms. The van der Waals surface area contributed by atoms with Crippen molar-refractivity contribution in [1.82, 2.24) is 19.1 Å². The monoisotopic (exact) mass is 626 g/mol. The summed E-state index contributed by atoms with van der Waals surface area (Å²) in [5.74, 6) is 1.09. The van der Waals surface area contributed by atoms with Gasteiger partial charge in [-0.05, 0) is 51.9 Å². The maximum absolute atomic E-state index is 13.9. The topological polar surface area (TPSA) is 96.3 Å². The van der Waals surface area contributed by atoms with Crippen molar-refractivity contribution < 1.29 is 8.42 Å². The molecule has 2 N–H and O–H groups in total. The summed E-state index contributed by atoms with van der Waals surface area (Å²) in [5, 5.41) is 0.536. The van der Waals surface area contributed by atoms with E-state index >= 15 is 0 Å². The van der Waals surface area contributed by atoms with Gasteiger partial charge in [0.1, 0.15) is 15.3 Å². The first kappa shape index (κ1) is 30.9. The Kier molecular flexibility index (Phi) is 11.4. The highest BCUT2D eigenvalue weighted by atomic mass is 79.9. The second kappa shape index (κ2) is 14.1. The lowest BCUT2D eigenvalue weighted by molar-refractivity contribution is 0.439. The first-order valence-electron chi connectivity index (χ1n) is 13.7. The molecule has 0 aliphatic carbocycles. The van der Waals surface area contributed by atoms with E-state index in [2.05, 4.69) is 53.3 Å². The number of hydrogen-bond donors (Lipinski definition) is 2. The molecule has 0 saturated heterocycles. The smallest absolute Gasteiger partial charge is 0.295 e. The van der Waals surface area contributed by atoms with Gasteiger partial charge in [0.25, 0.3) is 0 Å². The number of benzene rings is 1. The van der Waals surface area contributed by atoms with Crippen LogP contribution >= 0.6 is 27.5 Å². The van der Waals surface area contributed by atoms with Gasteiger partial charge in [0.05, 0.1) is 0 Å². The molecular weight excluding hydrogens is 588 g/mol. The van der Waals surface area contributed by atoms with Crippen LogP contribution in [-0.2, 0) is 16.4 Å². The average molecular weight is 628 g/mol. The molecule has 2 aromatic heterocycles. The van der Waals surface area contributed by atoms with Crippen LogP contribution in [0.3, 0.4) is 0 Å². The van der Waals surface area contributed by atoms with Gasteiger partial charge in [-0.1, -0.05) is 96.4 Å². The van der Waals surface area contributed by atoms with Crippen LogP contribution in [0.5, 0.6) is 0 Å². The Morgan fingerprint density at radius 2 is 1.63 bits per heavy atom. The number of aromatic nitrogens is 3. The molecule has 3 aromatic rings. The summed E-state index contributed by atoms with van der Waals surface area (Å²) in [6.07, 6.45) is 8.72. The van der Waals surface area contributed by atoms with Crippen molar-refractivity contribution in [3.8, 4) is 11.1 Å². The lowest BCUT2D eigenvalue weighted by Gasteiger charge is -2.16. The van der Waals surface area contributed by atoms with Crippen molar-refractivity contribution in [2.75, 3.05) is 6.54 Å². The van der Waals surface area contributed by atoms with E-state index in [1.165, 1.54) is 4.40 Å². The second-order valence-electron chi connectivity index (χ2n) is 10.0. The zero-order valence-electron chi connectivity index (χ0n) is 22.8. The Hall–Kier alpha value is -1.68. The molecule has 0 aliphatic heterocycles. The third-order valence-electron chi connectivity index (χ3n) is 7.27. The maximum atomic E-state index is 13.9. The van der Waals surface area contributed by atoms with Gasteiger partial charge in [0.15, 0.2) is 5.65 Å². The van der Waals surface area contributed by atoms with E-state index in [0.29, 0.717) is 45.5 Å². The molecule has 0 saturated carbocycles. The quantitative estimate of drug-likeness (QED) is 0.184. The summed E-state index contributed by atoms with van der Waals surface area (Å²) in [4.78, 5) is 21.0. The van der Waals surface area contributed by atoms with Gasteiger partial charge in [-0.15, -0.1) is 0 Å². The maximum Gasteiger partial charge on any atom is 0.333 e. The van der Waals surface area contributed by atoms with Crippen LogP contribution in [0.2, 0.25) is 5.02 Å². The molecule has 0 radical (unpaired) electrons. The number of nitrogens with zero attached hydrogens (tertiary/aromatic N) is 2. The summed E-state index contributed by atoms with van der Waals surface area (Å²) in [6.45, 7) is 8.83. The van der Waals surface area contributed by atoms with Crippen molar-refractivity contribution >= 4 is 43.2 Å². The fourth-order valence-electron chi connectivity index (χ4n) is 4.81. The SMILES string of the molecule is CCCCC(CC)CNS(=O)(=O)c1c(-c2ccc(Cl)cc2)c(Br)n2c(=O)[nH]c(CC(CC)CCCC)nc12. The van der Waals surface area contributed by atoms with Crippen LogP contribution in [-0.4, -0.2) is 29.3 Å². The normalized spacial score (nSPS) is 13.7. The highest BCUT2D eigenvalue weighted by molar-refractivity contribution is 9.10. The molecule has 10 heteroatoms. The molecule has 38 heavy (non-hydrogen) atoms. The Morgan fingerprint density at radius 3 is 2.21 bits per heavy atom. The van der Waals surface area contributed by atoms with Gasteiger partial charge < -0.3 is 0 Å². The number of hydrogen-bond acceptors (Lipinski definition) is 4. The second-order valence-corrected chi connectivity index (χ2v) is 12.9. The summed E-state index contributed by atoms with van der Waals surface area (Å²) in [5.41, 5.74) is 0.720. The molecule has 0 aliphatic rings. The third-order valence-corrected chi connectivity index (χ3v) is 9.75. The van der Waals surface area contributed by atoms with Gasteiger partial charge in [-0.25, -0.2) is 27.3 Å². The summed E-state index contributed by atoms with van der Waals surface area (Å²) < 4.78 is 32.4. The molecule has 1 aromatic carbocycles. The standard InChI is InChI=1S/C28H40BrClN4O3S/c1-5-9-11-19(7-3)17-23-32-27-25(38(36,37)31-18-20(8-4)12-10-6-2)24(21-13-15-22(30)16-14-21)26(29)34(27)28(35)33-23/h13-16,19-20,31H,5-12,17-18H2,1-4H3,(H,32,33,35). The Bertz CT molecular complexity index is 1370. The van der Waals surface area contributed by atoms with Gasteiger partial charge in [-0.3, -0.25) is 4.98 Å². The number of sulfonamides is 1. The molecule has 0 fully saturated rings. The van der Waals surface area contributed by atoms with Crippen LogP contribution in [0, 0.1) is 11.8 Å². The molecular formula is C28H40BrClN4O3S. The van der Waals surface area contributed by atoms with E-state index in [0.717, 1.165) is 51.4 Å². The van der Waals surface area contributed by atoms with E-state index < -0.39 is 15.7 Å². The van der Waals surface area contributed by atoms with Gasteiger partial charge in [0, 0.05) is 23.6 Å². The lowest BCUT2D eigenvalue weighted by atomic mass is 9.95. The largest absolute Gasteiger partial charge is 0.333 e. The molecule has 2 unspecified atom stereocenters. The fraction of sp³-hybridized carbons (Fsp3) is 0.571. The predicted octanol–water partition coefficient (Wildman–Crippen LogP) is 7.36. The van der Waals surface area contributed by atoms with Crippen LogP contribution in [0.4, 0.5) is 0 Å². The fourth-order valence-corrected chi connectivity index (χ4v) is 7.28. The van der Waals surface area contributed by atoms with E-state index in [1.807, 2.05) is 0 Å². The molecule has 0 amide bonds. The highest BCUT2D eigenvalue weighted by Crippen LogP contribution is 2.38. The lowest BCUT2D eigenvalue weighted by Crippen LogP contribution is -2.30. The van der Waals surface area contributed by atoms with Crippen LogP contribution in [0.15, 0.2) is 38.6 Å². The van der Waals surface area contributed by atoms with Crippen molar-refractivity contribution in [3.63, 3.8) is 0 Å². The Morgan fingerprint density at radius 1 is 1.03 bits per heavy atom. The molecule has 0 bridgehead atoms. The third kappa shape index (κ3) is 7.29. The molecule has 2 atom stereocenters. The van der Waals surface area contributed by atoms with Crippen molar-refractivity contribution in [2.45, 2.75) is 90.4 Å². The predicted molar refractivity (Wildman–Crippen MR) is 159 cm³/mol. The van der Waals surface area contributed by atoms with Gasteiger partial charge in [0.2, 0.25) is 10.0 Å². The first-order valence-corrected chi connectivity index (χ1v) is 16.4. The van der Waals surface area contributed by atoms with E-state index in [-0.39, 0.29) is 16.5 Å². The number of rotatable bonds is 15. The molecule has 210 valence electrons. The van der Waals surface area contributed by atoms with Gasteiger partial charge in [-0.2, -0.15) is 0 Å². The zero-order valence-corrected chi connectivity index (χ0v) is 26.0. The van der Waals surface area contributed by atoms with E-state index in [4.69, 9.17) is 16.6 Å². The molecule has 2 heterocycles. The molecule has 7 nitrogen and oxygen atoms in total. The van der Waals surface area contributed by atoms with Crippen molar-refractivity contribution in [2.24, 2.45) is 11.8 Å². The number of aromatic amines is 1. The average Bonchev–Trinajstić information content (AvgIpc) is 3.20. The first-order chi connectivity index (χ1) is 18.2. The Labute approximate surface area is 240 Å². The highest BCUT2D eigenvalue weighted by Gasteiger charge is 2.31. The van der Waals surface area contributed by atoms with E-state index in [9.17, 15) is 13.2 Å². The van der Waals surface area contributed by atoms with Gasteiger partial charge >= 0.3 is 5.69 Å². The minimum absolute atomic E-state index is 0.00555. The minimum atomic E-state index is -4.02. The number of H-pyrrole nitrogens is 1. The van der Waals surface area contributed by atoms with Crippen molar-refractivity contribution in [1.29, 1.82) is 0 Å². The number of unbranched alkanes of at least 4 members (excludes halogenated alkanes) is 2. The van der Waals surface area contributed by atoms with Crippen molar-refractivity contribution in [3.05, 3.63) is 50.2 Å². The number of nitrogens with one attached hydrogen (secondary N) is 2. The van der Waals surface area contributed by atoms with Crippen LogP contribution in [0.1, 0.15) is 84.9 Å². The number of halogens is 2. The summed E-state index contributed by atoms with van der Waals surface area (Å²) >= 11 is 9.65. The summed E-state index contributed by atoms with van der Waals surface area (Å²) in [7, 11) is -4.02. The summed E-state index contributed by atoms with van der Waals surface area (Å²) in [6, 6.07) is 6.92. The van der Waals surface area contributed by atoms with Crippen LogP contribution in [0.25, 0.3) is 16.8 Å². The minimum Gasteiger partial charge on any atom is -0.295 e. The van der Waals surface area contributed by atoms with E-state index in [1.54, 1.807) is 24.3 Å². The number of fused-ring (bicyclic) bond motifs is 1. The van der Waals surface area contributed by atoms with Crippen LogP contribution < -0.4 is 10.4 Å². The zero-order chi connectivity index (χ0) is 27.9. The Balaban J connectivity index is 2.18. The molecule has 3 rings (SSSR count).